The van der Waals surface area contributed by atoms with Crippen molar-refractivity contribution < 1.29 is 9.18 Å². The summed E-state index contributed by atoms with van der Waals surface area (Å²) < 4.78 is 15.8. The molecule has 0 N–H and O–H groups in total. The Bertz CT molecular complexity index is 1150. The monoisotopic (exact) mass is 432 g/mol. The number of rotatable bonds is 3. The van der Waals surface area contributed by atoms with Crippen LogP contribution in [0.1, 0.15) is 45.3 Å². The molecular weight excluding hydrogens is 403 g/mol. The van der Waals surface area contributed by atoms with E-state index in [0.717, 1.165) is 43.9 Å². The predicted molar refractivity (Wildman–Crippen MR) is 124 cm³/mol. The summed E-state index contributed by atoms with van der Waals surface area (Å²) in [4.78, 5) is 22.1. The Kier molecular flexibility index (Phi) is 5.45. The van der Waals surface area contributed by atoms with Crippen LogP contribution in [0.2, 0.25) is 0 Å². The van der Waals surface area contributed by atoms with Gasteiger partial charge in [-0.2, -0.15) is 0 Å². The molecule has 6 heteroatoms. The van der Waals surface area contributed by atoms with E-state index in [0.29, 0.717) is 30.3 Å². The van der Waals surface area contributed by atoms with Gasteiger partial charge in [0.05, 0.1) is 0 Å². The second-order valence-corrected chi connectivity index (χ2v) is 9.06. The van der Waals surface area contributed by atoms with Crippen molar-refractivity contribution >= 4 is 11.6 Å². The third-order valence-electron chi connectivity index (χ3n) is 6.80. The molecule has 166 valence electrons. The third kappa shape index (κ3) is 4.01. The van der Waals surface area contributed by atoms with Gasteiger partial charge in [0.25, 0.3) is 5.91 Å². The lowest BCUT2D eigenvalue weighted by Crippen LogP contribution is -2.48. The molecule has 1 unspecified atom stereocenters. The number of carbonyl (C=O) groups is 1. The number of aryl methyl sites for hydroxylation is 3. The smallest absolute Gasteiger partial charge is 0.274 e. The van der Waals surface area contributed by atoms with Crippen molar-refractivity contribution in [2.24, 2.45) is 0 Å². The highest BCUT2D eigenvalue weighted by atomic mass is 19.1. The number of anilines is 1. The van der Waals surface area contributed by atoms with Crippen LogP contribution >= 0.6 is 0 Å². The lowest BCUT2D eigenvalue weighted by Gasteiger charge is -2.36. The van der Waals surface area contributed by atoms with Crippen LogP contribution in [0.4, 0.5) is 10.1 Å². The molecule has 1 atom stereocenters. The molecule has 2 aliphatic rings. The minimum atomic E-state index is -0.164. The average molecular weight is 433 g/mol. The topological polar surface area (TPSA) is 41.4 Å². The fraction of sp³-hybridized carbons (Fsp3) is 0.385. The third-order valence-corrected chi connectivity index (χ3v) is 6.80. The van der Waals surface area contributed by atoms with Gasteiger partial charge >= 0.3 is 0 Å². The maximum atomic E-state index is 13.7. The molecule has 2 aromatic carbocycles. The molecule has 5 rings (SSSR count). The van der Waals surface area contributed by atoms with Gasteiger partial charge in [-0.1, -0.05) is 24.3 Å². The number of piperazine rings is 1. The molecule has 0 radical (unpaired) electrons. The normalized spacial score (nSPS) is 18.5. The fourth-order valence-electron chi connectivity index (χ4n) is 4.90. The van der Waals surface area contributed by atoms with Gasteiger partial charge in [-0.3, -0.25) is 4.79 Å². The van der Waals surface area contributed by atoms with Gasteiger partial charge in [-0.05, 0) is 55.2 Å². The lowest BCUT2D eigenvalue weighted by molar-refractivity contribution is 0.0741. The van der Waals surface area contributed by atoms with E-state index in [4.69, 9.17) is 0 Å². The first-order chi connectivity index (χ1) is 15.5. The number of amides is 1. The fourth-order valence-corrected chi connectivity index (χ4v) is 4.90. The Morgan fingerprint density at radius 3 is 2.62 bits per heavy atom. The zero-order valence-corrected chi connectivity index (χ0v) is 18.7. The van der Waals surface area contributed by atoms with Gasteiger partial charge in [0.15, 0.2) is 0 Å². The van der Waals surface area contributed by atoms with Crippen molar-refractivity contribution in [3.05, 3.63) is 82.7 Å². The van der Waals surface area contributed by atoms with E-state index < -0.39 is 0 Å². The highest BCUT2D eigenvalue weighted by molar-refractivity contribution is 5.92. The summed E-state index contributed by atoms with van der Waals surface area (Å²) in [7, 11) is 0. The second kappa shape index (κ2) is 8.41. The van der Waals surface area contributed by atoms with Gasteiger partial charge in [-0.25, -0.2) is 9.37 Å². The molecule has 0 saturated carbocycles. The number of carbonyl (C=O) groups excluding carboxylic acids is 1. The Hall–Kier alpha value is -3.15. The van der Waals surface area contributed by atoms with E-state index in [1.807, 2.05) is 23.2 Å². The summed E-state index contributed by atoms with van der Waals surface area (Å²) in [5, 5.41) is 0. The van der Waals surface area contributed by atoms with E-state index in [1.165, 1.54) is 11.3 Å². The molecule has 1 fully saturated rings. The number of imidazole rings is 1. The van der Waals surface area contributed by atoms with Crippen LogP contribution in [0.15, 0.2) is 48.7 Å². The van der Waals surface area contributed by atoms with Crippen molar-refractivity contribution in [1.29, 1.82) is 0 Å². The van der Waals surface area contributed by atoms with Crippen LogP contribution < -0.4 is 4.90 Å². The quantitative estimate of drug-likeness (QED) is 0.619. The first-order valence-corrected chi connectivity index (χ1v) is 11.4. The largest absolute Gasteiger partial charge is 0.368 e. The molecule has 1 saturated heterocycles. The van der Waals surface area contributed by atoms with Gasteiger partial charge in [-0.15, -0.1) is 0 Å². The molecule has 0 spiro atoms. The van der Waals surface area contributed by atoms with E-state index in [2.05, 4.69) is 45.6 Å². The molecular formula is C26H29FN4O. The molecule has 32 heavy (non-hydrogen) atoms. The Labute approximate surface area is 188 Å². The molecule has 1 aromatic heterocycles. The molecule has 3 aromatic rings. The number of nitrogens with zero attached hydrogens (tertiary/aromatic N) is 4. The lowest BCUT2D eigenvalue weighted by atomic mass is 9.90. The Morgan fingerprint density at radius 1 is 1.06 bits per heavy atom. The van der Waals surface area contributed by atoms with Crippen molar-refractivity contribution in [2.75, 3.05) is 31.1 Å². The highest BCUT2D eigenvalue weighted by Crippen LogP contribution is 2.30. The number of hydrogen-bond acceptors (Lipinski definition) is 3. The number of aromatic nitrogens is 2. The molecule has 5 nitrogen and oxygen atoms in total. The number of hydrogen-bond donors (Lipinski definition) is 0. The summed E-state index contributed by atoms with van der Waals surface area (Å²) in [6.45, 7) is 7.75. The van der Waals surface area contributed by atoms with Crippen LogP contribution in [0, 0.1) is 19.7 Å². The van der Waals surface area contributed by atoms with Crippen LogP contribution in [-0.4, -0.2) is 46.5 Å². The zero-order chi connectivity index (χ0) is 22.2. The second-order valence-electron chi connectivity index (χ2n) is 9.06. The zero-order valence-electron chi connectivity index (χ0n) is 18.7. The van der Waals surface area contributed by atoms with Crippen LogP contribution in [0.5, 0.6) is 0 Å². The number of halogens is 1. The summed E-state index contributed by atoms with van der Waals surface area (Å²) in [6.07, 6.45) is 3.70. The van der Waals surface area contributed by atoms with E-state index in [-0.39, 0.29) is 11.7 Å². The summed E-state index contributed by atoms with van der Waals surface area (Å²) >= 11 is 0. The van der Waals surface area contributed by atoms with Crippen molar-refractivity contribution in [1.82, 2.24) is 14.5 Å². The van der Waals surface area contributed by atoms with Crippen LogP contribution in [-0.2, 0) is 13.0 Å². The molecule has 0 aliphatic carbocycles. The summed E-state index contributed by atoms with van der Waals surface area (Å²) in [5.41, 5.74) is 4.85. The standard InChI is InChI=1S/C26H29FN4O/c1-18-4-3-5-22(14-18)29-10-12-30(13-11-29)26(32)24-17-31-16-21(7-9-25(31)28-24)20-6-8-23(27)19(2)15-20/h3-6,8,14-15,17,21H,7,9-13,16H2,1-2H3. The van der Waals surface area contributed by atoms with Crippen molar-refractivity contribution in [3.8, 4) is 0 Å². The van der Waals surface area contributed by atoms with E-state index >= 15 is 0 Å². The number of fused-ring (bicyclic) bond motifs is 1. The van der Waals surface area contributed by atoms with E-state index in [9.17, 15) is 9.18 Å². The van der Waals surface area contributed by atoms with Gasteiger partial charge in [0.2, 0.25) is 0 Å². The minimum Gasteiger partial charge on any atom is -0.368 e. The highest BCUT2D eigenvalue weighted by Gasteiger charge is 2.27. The van der Waals surface area contributed by atoms with E-state index in [1.54, 1.807) is 13.0 Å². The average Bonchev–Trinajstić information content (AvgIpc) is 3.24. The maximum Gasteiger partial charge on any atom is 0.274 e. The first kappa shape index (κ1) is 20.7. The predicted octanol–water partition coefficient (Wildman–Crippen LogP) is 4.33. The molecule has 3 heterocycles. The SMILES string of the molecule is Cc1cccc(N2CCN(C(=O)c3cn4c(n3)CCC(c3ccc(F)c(C)c3)C4)CC2)c1. The molecule has 1 amide bonds. The van der Waals surface area contributed by atoms with Gasteiger partial charge in [0, 0.05) is 56.9 Å². The van der Waals surface area contributed by atoms with Gasteiger partial charge in [0.1, 0.15) is 17.3 Å². The minimum absolute atomic E-state index is 0.0185. The van der Waals surface area contributed by atoms with Crippen LogP contribution in [0.25, 0.3) is 0 Å². The Balaban J connectivity index is 1.25. The molecule has 2 aliphatic heterocycles. The van der Waals surface area contributed by atoms with Crippen molar-refractivity contribution in [2.45, 2.75) is 39.2 Å². The van der Waals surface area contributed by atoms with Crippen molar-refractivity contribution in [3.63, 3.8) is 0 Å². The summed E-state index contributed by atoms with van der Waals surface area (Å²) in [5.74, 6) is 1.15. The number of benzene rings is 2. The Morgan fingerprint density at radius 2 is 1.88 bits per heavy atom. The maximum absolute atomic E-state index is 13.7. The first-order valence-electron chi connectivity index (χ1n) is 11.4. The van der Waals surface area contributed by atoms with Gasteiger partial charge < -0.3 is 14.4 Å². The molecule has 0 bridgehead atoms. The summed E-state index contributed by atoms with van der Waals surface area (Å²) in [6, 6.07) is 13.9. The van der Waals surface area contributed by atoms with Crippen LogP contribution in [0.3, 0.4) is 0 Å².